The summed E-state index contributed by atoms with van der Waals surface area (Å²) in [5, 5.41) is 11.1. The van der Waals surface area contributed by atoms with Crippen LogP contribution in [0.15, 0.2) is 18.7 Å². The largest absolute Gasteiger partial charge is 0.481 e. The first kappa shape index (κ1) is 12.6. The molecule has 1 amide bonds. The highest BCUT2D eigenvalue weighted by atomic mass is 32.2. The van der Waals surface area contributed by atoms with Gasteiger partial charge in [-0.25, -0.2) is 4.98 Å². The van der Waals surface area contributed by atoms with Gasteiger partial charge < -0.3 is 15.0 Å². The van der Waals surface area contributed by atoms with E-state index in [1.807, 2.05) is 10.8 Å². The number of thioether (sulfide) groups is 1. The maximum Gasteiger partial charge on any atom is 0.313 e. The molecule has 0 atom stereocenters. The number of nitrogens with zero attached hydrogens (tertiary/aromatic N) is 2. The van der Waals surface area contributed by atoms with Crippen molar-refractivity contribution in [2.45, 2.75) is 6.54 Å². The quantitative estimate of drug-likeness (QED) is 0.694. The smallest absolute Gasteiger partial charge is 0.313 e. The third kappa shape index (κ3) is 5.40. The number of aliphatic carboxylic acids is 1. The number of carboxylic acid groups (broad SMARTS) is 1. The molecular formula is C9H13N3O3S. The number of amides is 1. The molecule has 1 aromatic rings. The number of carboxylic acids is 1. The number of carbonyl (C=O) groups is 2. The van der Waals surface area contributed by atoms with Gasteiger partial charge in [-0.2, -0.15) is 0 Å². The zero-order chi connectivity index (χ0) is 11.8. The molecule has 1 rings (SSSR count). The average Bonchev–Trinajstić information content (AvgIpc) is 2.70. The van der Waals surface area contributed by atoms with Crippen LogP contribution in [-0.2, 0) is 16.1 Å². The van der Waals surface area contributed by atoms with Crippen LogP contribution in [0.3, 0.4) is 0 Å². The minimum atomic E-state index is -0.906. The second-order valence-electron chi connectivity index (χ2n) is 3.04. The molecule has 16 heavy (non-hydrogen) atoms. The van der Waals surface area contributed by atoms with Crippen molar-refractivity contribution in [2.24, 2.45) is 0 Å². The van der Waals surface area contributed by atoms with Gasteiger partial charge in [-0.1, -0.05) is 0 Å². The average molecular weight is 243 g/mol. The summed E-state index contributed by atoms with van der Waals surface area (Å²) in [7, 11) is 0. The van der Waals surface area contributed by atoms with Gasteiger partial charge in [0.15, 0.2) is 0 Å². The van der Waals surface area contributed by atoms with Crippen molar-refractivity contribution < 1.29 is 14.7 Å². The van der Waals surface area contributed by atoms with Gasteiger partial charge in [0.1, 0.15) is 0 Å². The minimum absolute atomic E-state index is 0.0467. The standard InChI is InChI=1S/C9H13N3O3S/c13-8(5-16-6-9(14)15)11-2-4-12-3-1-10-7-12/h1,3,7H,2,4-6H2,(H,11,13)(H,14,15). The van der Waals surface area contributed by atoms with E-state index in [2.05, 4.69) is 10.3 Å². The van der Waals surface area contributed by atoms with Crippen molar-refractivity contribution in [3.63, 3.8) is 0 Å². The van der Waals surface area contributed by atoms with Crippen LogP contribution >= 0.6 is 11.8 Å². The lowest BCUT2D eigenvalue weighted by Gasteiger charge is -2.04. The van der Waals surface area contributed by atoms with Gasteiger partial charge >= 0.3 is 5.97 Å². The number of imidazole rings is 1. The van der Waals surface area contributed by atoms with E-state index >= 15 is 0 Å². The van der Waals surface area contributed by atoms with Crippen LogP contribution < -0.4 is 5.32 Å². The Morgan fingerprint density at radius 2 is 2.25 bits per heavy atom. The second kappa shape index (κ2) is 6.89. The maximum absolute atomic E-state index is 11.2. The molecule has 88 valence electrons. The van der Waals surface area contributed by atoms with Crippen molar-refractivity contribution in [2.75, 3.05) is 18.1 Å². The topological polar surface area (TPSA) is 84.2 Å². The van der Waals surface area contributed by atoms with E-state index in [1.54, 1.807) is 12.5 Å². The van der Waals surface area contributed by atoms with Crippen LogP contribution in [0.2, 0.25) is 0 Å². The van der Waals surface area contributed by atoms with Crippen molar-refractivity contribution in [1.29, 1.82) is 0 Å². The molecule has 6 nitrogen and oxygen atoms in total. The first-order chi connectivity index (χ1) is 7.68. The molecule has 0 aliphatic heterocycles. The van der Waals surface area contributed by atoms with E-state index in [0.717, 1.165) is 11.8 Å². The fourth-order valence-corrected chi connectivity index (χ4v) is 1.59. The minimum Gasteiger partial charge on any atom is -0.481 e. The lowest BCUT2D eigenvalue weighted by atomic mass is 10.5. The van der Waals surface area contributed by atoms with E-state index in [4.69, 9.17) is 5.11 Å². The summed E-state index contributed by atoms with van der Waals surface area (Å²) in [6.45, 7) is 1.18. The van der Waals surface area contributed by atoms with Crippen LogP contribution in [0.25, 0.3) is 0 Å². The Morgan fingerprint density at radius 1 is 1.44 bits per heavy atom. The zero-order valence-corrected chi connectivity index (χ0v) is 9.44. The number of rotatable bonds is 7. The summed E-state index contributed by atoms with van der Waals surface area (Å²) in [4.78, 5) is 25.3. The van der Waals surface area contributed by atoms with Gasteiger partial charge in [0.2, 0.25) is 5.91 Å². The summed E-state index contributed by atoms with van der Waals surface area (Å²) in [5.41, 5.74) is 0. The summed E-state index contributed by atoms with van der Waals surface area (Å²) in [6.07, 6.45) is 5.15. The Hall–Kier alpha value is -1.50. The predicted molar refractivity (Wildman–Crippen MR) is 60.2 cm³/mol. The number of hydrogen-bond donors (Lipinski definition) is 2. The molecule has 7 heteroatoms. The lowest BCUT2D eigenvalue weighted by Crippen LogP contribution is -2.28. The van der Waals surface area contributed by atoms with Crippen LogP contribution in [0.1, 0.15) is 0 Å². The van der Waals surface area contributed by atoms with Gasteiger partial charge in [-0.3, -0.25) is 9.59 Å². The Kier molecular flexibility index (Phi) is 5.41. The Morgan fingerprint density at radius 3 is 2.88 bits per heavy atom. The highest BCUT2D eigenvalue weighted by Crippen LogP contribution is 1.97. The van der Waals surface area contributed by atoms with Crippen molar-refractivity contribution in [1.82, 2.24) is 14.9 Å². The van der Waals surface area contributed by atoms with Crippen LogP contribution in [0.4, 0.5) is 0 Å². The first-order valence-electron chi connectivity index (χ1n) is 4.70. The Balaban J connectivity index is 2.04. The number of hydrogen-bond acceptors (Lipinski definition) is 4. The molecule has 1 aromatic heterocycles. The Bertz CT molecular complexity index is 340. The maximum atomic E-state index is 11.2. The van der Waals surface area contributed by atoms with E-state index in [1.165, 1.54) is 0 Å². The second-order valence-corrected chi connectivity index (χ2v) is 4.02. The molecule has 0 aliphatic carbocycles. The molecule has 0 radical (unpaired) electrons. The highest BCUT2D eigenvalue weighted by Gasteiger charge is 2.03. The molecule has 0 unspecified atom stereocenters. The summed E-state index contributed by atoms with van der Waals surface area (Å²) >= 11 is 1.09. The van der Waals surface area contributed by atoms with Crippen LogP contribution in [-0.4, -0.2) is 44.6 Å². The third-order valence-electron chi connectivity index (χ3n) is 1.71. The molecule has 0 spiro atoms. The SMILES string of the molecule is O=C(O)CSCC(=O)NCCn1ccnc1. The van der Waals surface area contributed by atoms with Crippen LogP contribution in [0, 0.1) is 0 Å². The first-order valence-corrected chi connectivity index (χ1v) is 5.86. The number of aromatic nitrogens is 2. The normalized spacial score (nSPS) is 10.0. The van der Waals surface area contributed by atoms with Crippen molar-refractivity contribution in [3.05, 3.63) is 18.7 Å². The molecule has 0 saturated heterocycles. The fraction of sp³-hybridized carbons (Fsp3) is 0.444. The van der Waals surface area contributed by atoms with Gasteiger partial charge in [-0.15, -0.1) is 11.8 Å². The summed E-state index contributed by atoms with van der Waals surface area (Å²) < 4.78 is 1.85. The van der Waals surface area contributed by atoms with Gasteiger partial charge in [-0.05, 0) is 0 Å². The molecular weight excluding hydrogens is 230 g/mol. The third-order valence-corrected chi connectivity index (χ3v) is 2.63. The van der Waals surface area contributed by atoms with Gasteiger partial charge in [0, 0.05) is 25.5 Å². The fourth-order valence-electron chi connectivity index (χ4n) is 1.03. The van der Waals surface area contributed by atoms with E-state index in [-0.39, 0.29) is 17.4 Å². The molecule has 0 aromatic carbocycles. The number of carbonyl (C=O) groups excluding carboxylic acids is 1. The van der Waals surface area contributed by atoms with E-state index in [9.17, 15) is 9.59 Å². The summed E-state index contributed by atoms with van der Waals surface area (Å²) in [5.74, 6) is -0.923. The molecule has 0 fully saturated rings. The molecule has 0 saturated carbocycles. The van der Waals surface area contributed by atoms with Crippen LogP contribution in [0.5, 0.6) is 0 Å². The zero-order valence-electron chi connectivity index (χ0n) is 8.63. The molecule has 1 heterocycles. The van der Waals surface area contributed by atoms with Crippen molar-refractivity contribution >= 4 is 23.6 Å². The predicted octanol–water partition coefficient (Wildman–Crippen LogP) is -0.183. The molecule has 2 N–H and O–H groups in total. The van der Waals surface area contributed by atoms with E-state index < -0.39 is 5.97 Å². The monoisotopic (exact) mass is 243 g/mol. The van der Waals surface area contributed by atoms with E-state index in [0.29, 0.717) is 13.1 Å². The summed E-state index contributed by atoms with van der Waals surface area (Å²) in [6, 6.07) is 0. The molecule has 0 aliphatic rings. The lowest BCUT2D eigenvalue weighted by molar-refractivity contribution is -0.133. The Labute approximate surface area is 97.1 Å². The van der Waals surface area contributed by atoms with Crippen molar-refractivity contribution in [3.8, 4) is 0 Å². The van der Waals surface area contributed by atoms with Gasteiger partial charge in [0.05, 0.1) is 17.8 Å². The van der Waals surface area contributed by atoms with Gasteiger partial charge in [0.25, 0.3) is 0 Å². The molecule has 0 bridgehead atoms. The number of nitrogens with one attached hydrogen (secondary N) is 1. The highest BCUT2D eigenvalue weighted by molar-refractivity contribution is 8.00.